The van der Waals surface area contributed by atoms with Crippen molar-refractivity contribution in [3.63, 3.8) is 0 Å². The average Bonchev–Trinajstić information content (AvgIpc) is 2.73. The number of anilines is 1. The third kappa shape index (κ3) is 2.70. The molecule has 0 bridgehead atoms. The van der Waals surface area contributed by atoms with Gasteiger partial charge in [-0.25, -0.2) is 4.98 Å². The summed E-state index contributed by atoms with van der Waals surface area (Å²) in [6, 6.07) is 5.63. The molecule has 0 aliphatic rings. The fourth-order valence-corrected chi connectivity index (χ4v) is 1.99. The van der Waals surface area contributed by atoms with Gasteiger partial charge in [-0.1, -0.05) is 6.07 Å². The number of ether oxygens (including phenoxy) is 1. The van der Waals surface area contributed by atoms with Gasteiger partial charge in [-0.3, -0.25) is 0 Å². The maximum absolute atomic E-state index is 5.05. The standard InChI is InChI=1S/C11H13N3OS/c1-8-7-16-11(13-8)6-12-9-4-3-5-10(14-9)15-2/h3-5,7H,6H2,1-2H3,(H,12,14). The van der Waals surface area contributed by atoms with E-state index in [1.165, 1.54) is 0 Å². The number of hydrogen-bond acceptors (Lipinski definition) is 5. The molecule has 5 heteroatoms. The Balaban J connectivity index is 1.99. The fraction of sp³-hybridized carbons (Fsp3) is 0.273. The minimum Gasteiger partial charge on any atom is -0.481 e. The number of aryl methyl sites for hydroxylation is 1. The van der Waals surface area contributed by atoms with Gasteiger partial charge in [0, 0.05) is 17.1 Å². The van der Waals surface area contributed by atoms with Gasteiger partial charge in [-0.15, -0.1) is 11.3 Å². The van der Waals surface area contributed by atoms with E-state index in [1.54, 1.807) is 18.4 Å². The van der Waals surface area contributed by atoms with Gasteiger partial charge in [0.05, 0.1) is 13.7 Å². The fourth-order valence-electron chi connectivity index (χ4n) is 1.28. The second-order valence-corrected chi connectivity index (χ2v) is 4.24. The molecule has 0 aliphatic heterocycles. The van der Waals surface area contributed by atoms with Crippen LogP contribution in [0.2, 0.25) is 0 Å². The Hall–Kier alpha value is -1.62. The van der Waals surface area contributed by atoms with E-state index < -0.39 is 0 Å². The summed E-state index contributed by atoms with van der Waals surface area (Å²) in [7, 11) is 1.61. The molecule has 2 rings (SSSR count). The lowest BCUT2D eigenvalue weighted by Gasteiger charge is -2.04. The summed E-state index contributed by atoms with van der Waals surface area (Å²) in [5, 5.41) is 6.30. The molecule has 0 unspecified atom stereocenters. The summed E-state index contributed by atoms with van der Waals surface area (Å²) in [5.41, 5.74) is 1.06. The summed E-state index contributed by atoms with van der Waals surface area (Å²) in [6.45, 7) is 2.68. The van der Waals surface area contributed by atoms with Crippen LogP contribution >= 0.6 is 11.3 Å². The van der Waals surface area contributed by atoms with Crippen molar-refractivity contribution in [1.29, 1.82) is 0 Å². The number of pyridine rings is 1. The number of methoxy groups -OCH3 is 1. The minimum atomic E-state index is 0.611. The third-order valence-electron chi connectivity index (χ3n) is 2.02. The van der Waals surface area contributed by atoms with Gasteiger partial charge >= 0.3 is 0 Å². The van der Waals surface area contributed by atoms with Gasteiger partial charge in [0.25, 0.3) is 0 Å². The average molecular weight is 235 g/mol. The van der Waals surface area contributed by atoms with E-state index in [1.807, 2.05) is 30.5 Å². The summed E-state index contributed by atoms with van der Waals surface area (Å²) >= 11 is 1.65. The van der Waals surface area contributed by atoms with Crippen LogP contribution in [0.15, 0.2) is 23.6 Å². The minimum absolute atomic E-state index is 0.611. The molecule has 2 aromatic heterocycles. The van der Waals surface area contributed by atoms with Gasteiger partial charge in [0.15, 0.2) is 0 Å². The van der Waals surface area contributed by atoms with Crippen LogP contribution in [0.25, 0.3) is 0 Å². The summed E-state index contributed by atoms with van der Waals surface area (Å²) < 4.78 is 5.05. The molecule has 84 valence electrons. The van der Waals surface area contributed by atoms with E-state index in [4.69, 9.17) is 4.74 Å². The van der Waals surface area contributed by atoms with Crippen LogP contribution in [0.1, 0.15) is 10.7 Å². The molecule has 1 N–H and O–H groups in total. The van der Waals surface area contributed by atoms with Crippen molar-refractivity contribution in [2.24, 2.45) is 0 Å². The van der Waals surface area contributed by atoms with E-state index in [0.717, 1.165) is 16.5 Å². The molecule has 0 saturated heterocycles. The second kappa shape index (κ2) is 4.94. The molecule has 0 saturated carbocycles. The summed E-state index contributed by atoms with van der Waals surface area (Å²) in [4.78, 5) is 8.62. The number of thiazole rings is 1. The second-order valence-electron chi connectivity index (χ2n) is 3.30. The van der Waals surface area contributed by atoms with Crippen molar-refractivity contribution >= 4 is 17.2 Å². The van der Waals surface area contributed by atoms with Crippen molar-refractivity contribution in [2.45, 2.75) is 13.5 Å². The lowest BCUT2D eigenvalue weighted by molar-refractivity contribution is 0.398. The smallest absolute Gasteiger partial charge is 0.214 e. The number of rotatable bonds is 4. The third-order valence-corrected chi connectivity index (χ3v) is 2.99. The molecule has 4 nitrogen and oxygen atoms in total. The molecule has 0 aromatic carbocycles. The van der Waals surface area contributed by atoms with Crippen molar-refractivity contribution in [3.8, 4) is 5.88 Å². The first-order valence-electron chi connectivity index (χ1n) is 4.94. The molecular weight excluding hydrogens is 222 g/mol. The molecule has 2 aromatic rings. The molecule has 0 fully saturated rings. The molecule has 0 atom stereocenters. The zero-order valence-corrected chi connectivity index (χ0v) is 10.0. The topological polar surface area (TPSA) is 47.0 Å². The van der Waals surface area contributed by atoms with Crippen molar-refractivity contribution < 1.29 is 4.74 Å². The van der Waals surface area contributed by atoms with Crippen molar-refractivity contribution in [2.75, 3.05) is 12.4 Å². The van der Waals surface area contributed by atoms with Crippen LogP contribution in [-0.4, -0.2) is 17.1 Å². The monoisotopic (exact) mass is 235 g/mol. The predicted octanol–water partition coefficient (Wildman–Crippen LogP) is 2.47. The highest BCUT2D eigenvalue weighted by Crippen LogP contribution is 2.13. The van der Waals surface area contributed by atoms with Crippen LogP contribution in [0.5, 0.6) is 5.88 Å². The van der Waals surface area contributed by atoms with Crippen LogP contribution in [0, 0.1) is 6.92 Å². The first kappa shape index (κ1) is 10.9. The molecule has 2 heterocycles. The molecule has 16 heavy (non-hydrogen) atoms. The van der Waals surface area contributed by atoms with E-state index in [2.05, 4.69) is 15.3 Å². The normalized spacial score (nSPS) is 10.1. The van der Waals surface area contributed by atoms with Gasteiger partial charge in [0.1, 0.15) is 10.8 Å². The van der Waals surface area contributed by atoms with Crippen LogP contribution in [-0.2, 0) is 6.54 Å². The highest BCUT2D eigenvalue weighted by Gasteiger charge is 2.00. The Kier molecular flexibility index (Phi) is 3.36. The van der Waals surface area contributed by atoms with Gasteiger partial charge in [-0.2, -0.15) is 4.98 Å². The van der Waals surface area contributed by atoms with Crippen LogP contribution in [0.3, 0.4) is 0 Å². The Morgan fingerprint density at radius 2 is 2.25 bits per heavy atom. The zero-order valence-electron chi connectivity index (χ0n) is 9.23. The van der Waals surface area contributed by atoms with E-state index in [-0.39, 0.29) is 0 Å². The number of nitrogens with one attached hydrogen (secondary N) is 1. The van der Waals surface area contributed by atoms with E-state index in [0.29, 0.717) is 12.4 Å². The Bertz CT molecular complexity index is 470. The van der Waals surface area contributed by atoms with Gasteiger partial charge < -0.3 is 10.1 Å². The van der Waals surface area contributed by atoms with Crippen LogP contribution < -0.4 is 10.1 Å². The summed E-state index contributed by atoms with van der Waals surface area (Å²) in [6.07, 6.45) is 0. The lowest BCUT2D eigenvalue weighted by atomic mass is 10.4. The number of aromatic nitrogens is 2. The van der Waals surface area contributed by atoms with Crippen molar-refractivity contribution in [3.05, 3.63) is 34.3 Å². The largest absolute Gasteiger partial charge is 0.481 e. The predicted molar refractivity (Wildman–Crippen MR) is 65.0 cm³/mol. The highest BCUT2D eigenvalue weighted by atomic mass is 32.1. The van der Waals surface area contributed by atoms with Gasteiger partial charge in [0.2, 0.25) is 5.88 Å². The maximum Gasteiger partial charge on any atom is 0.214 e. The number of nitrogens with zero attached hydrogens (tertiary/aromatic N) is 2. The summed E-state index contributed by atoms with van der Waals surface area (Å²) in [5.74, 6) is 1.41. The maximum atomic E-state index is 5.05. The number of hydrogen-bond donors (Lipinski definition) is 1. The molecule has 0 amide bonds. The lowest BCUT2D eigenvalue weighted by Crippen LogP contribution is -2.01. The first-order valence-corrected chi connectivity index (χ1v) is 5.82. The Labute approximate surface area is 98.3 Å². The van der Waals surface area contributed by atoms with Gasteiger partial charge in [-0.05, 0) is 13.0 Å². The van der Waals surface area contributed by atoms with E-state index in [9.17, 15) is 0 Å². The molecule has 0 aliphatic carbocycles. The quantitative estimate of drug-likeness (QED) is 0.884. The van der Waals surface area contributed by atoms with Crippen LogP contribution in [0.4, 0.5) is 5.82 Å². The molecular formula is C11H13N3OS. The van der Waals surface area contributed by atoms with Crippen molar-refractivity contribution in [1.82, 2.24) is 9.97 Å². The van der Waals surface area contributed by atoms with E-state index >= 15 is 0 Å². The highest BCUT2D eigenvalue weighted by molar-refractivity contribution is 7.09. The zero-order chi connectivity index (χ0) is 11.4. The molecule has 0 spiro atoms. The SMILES string of the molecule is COc1cccc(NCc2nc(C)cs2)n1. The Morgan fingerprint density at radius 3 is 2.94 bits per heavy atom. The first-order chi connectivity index (χ1) is 7.78. The Morgan fingerprint density at radius 1 is 1.38 bits per heavy atom. The molecule has 0 radical (unpaired) electrons.